The molecule has 3 aromatic rings. The molecule has 35 heavy (non-hydrogen) atoms. The lowest BCUT2D eigenvalue weighted by Crippen LogP contribution is -2.48. The molecule has 1 aliphatic heterocycles. The Balaban J connectivity index is 1.23. The van der Waals surface area contributed by atoms with Gasteiger partial charge in [-0.1, -0.05) is 48.6 Å². The molecule has 0 bridgehead atoms. The first-order valence-corrected chi connectivity index (χ1v) is 12.5. The topological polar surface area (TPSA) is 79.8 Å². The van der Waals surface area contributed by atoms with Crippen LogP contribution in [0.2, 0.25) is 0 Å². The van der Waals surface area contributed by atoms with Crippen LogP contribution in [-0.2, 0) is 6.54 Å². The zero-order valence-electron chi connectivity index (χ0n) is 20.6. The van der Waals surface area contributed by atoms with Crippen molar-refractivity contribution in [1.82, 2.24) is 19.4 Å². The van der Waals surface area contributed by atoms with E-state index in [4.69, 9.17) is 10.5 Å². The van der Waals surface area contributed by atoms with Crippen molar-refractivity contribution in [2.75, 3.05) is 52.4 Å². The second-order valence-corrected chi connectivity index (χ2v) is 8.98. The number of aliphatic hydroxyl groups excluding tert-OH is 1. The number of aliphatic hydroxyl groups is 1. The number of allylic oxidation sites excluding steroid dienone is 1. The van der Waals surface area contributed by atoms with Crippen LogP contribution < -0.4 is 10.5 Å². The second kappa shape index (κ2) is 12.7. The molecular formula is C28H37N5O2. The average molecular weight is 476 g/mol. The maximum absolute atomic E-state index is 9.76. The minimum absolute atomic E-state index is 0.572. The van der Waals surface area contributed by atoms with Crippen molar-refractivity contribution in [2.24, 2.45) is 5.73 Å². The Bertz CT molecular complexity index is 1050. The van der Waals surface area contributed by atoms with Crippen LogP contribution in [0.1, 0.15) is 24.4 Å². The van der Waals surface area contributed by atoms with Crippen LogP contribution in [-0.4, -0.2) is 76.9 Å². The molecule has 1 fully saturated rings. The second-order valence-electron chi connectivity index (χ2n) is 8.98. The third-order valence-electron chi connectivity index (χ3n) is 6.42. The molecule has 0 spiro atoms. The molecule has 7 heteroatoms. The fourth-order valence-corrected chi connectivity index (χ4v) is 4.39. The molecule has 0 saturated carbocycles. The first kappa shape index (κ1) is 25.1. The third-order valence-corrected chi connectivity index (χ3v) is 6.42. The van der Waals surface area contributed by atoms with Crippen molar-refractivity contribution >= 4 is 6.08 Å². The zero-order valence-corrected chi connectivity index (χ0v) is 20.6. The third kappa shape index (κ3) is 7.26. The Morgan fingerprint density at radius 2 is 1.60 bits per heavy atom. The first-order valence-electron chi connectivity index (χ1n) is 12.5. The Hall–Kier alpha value is -2.97. The predicted octanol–water partition coefficient (Wildman–Crippen LogP) is 3.27. The molecule has 1 aromatic heterocycles. The van der Waals surface area contributed by atoms with Crippen molar-refractivity contribution < 1.29 is 9.84 Å². The standard InChI is InChI=1S/C28H37N5O2/c1-23(34)28-30-13-16-33(28)14-2-3-24-4-6-25(7-5-24)26-8-10-27(11-9-26)35-22-21-32-19-17-31(15-12-29)18-20-32/h2-11,13,16,23,34H,12,14-15,17-22,29H2,1H3/t23-/m0/s1. The molecule has 4 rings (SSSR count). The summed E-state index contributed by atoms with van der Waals surface area (Å²) in [4.78, 5) is 9.08. The summed E-state index contributed by atoms with van der Waals surface area (Å²) in [5.74, 6) is 1.59. The number of nitrogens with two attached hydrogens (primary N) is 1. The molecule has 2 aromatic carbocycles. The van der Waals surface area contributed by atoms with Crippen LogP contribution in [0.4, 0.5) is 0 Å². The van der Waals surface area contributed by atoms with Crippen LogP contribution in [0.25, 0.3) is 17.2 Å². The molecule has 1 aliphatic rings. The molecule has 2 heterocycles. The van der Waals surface area contributed by atoms with Crippen molar-refractivity contribution in [1.29, 1.82) is 0 Å². The van der Waals surface area contributed by atoms with Gasteiger partial charge in [-0.05, 0) is 35.7 Å². The fourth-order valence-electron chi connectivity index (χ4n) is 4.39. The van der Waals surface area contributed by atoms with E-state index < -0.39 is 6.10 Å². The highest BCUT2D eigenvalue weighted by molar-refractivity contribution is 5.66. The van der Waals surface area contributed by atoms with E-state index in [9.17, 15) is 5.11 Å². The number of imidazole rings is 1. The maximum Gasteiger partial charge on any atom is 0.137 e. The Morgan fingerprint density at radius 3 is 2.23 bits per heavy atom. The summed E-state index contributed by atoms with van der Waals surface area (Å²) in [7, 11) is 0. The number of benzene rings is 2. The largest absolute Gasteiger partial charge is 0.492 e. The van der Waals surface area contributed by atoms with E-state index in [0.717, 1.165) is 57.1 Å². The zero-order chi connectivity index (χ0) is 24.5. The molecule has 0 amide bonds. The molecular weight excluding hydrogens is 438 g/mol. The Kier molecular flexibility index (Phi) is 9.08. The van der Waals surface area contributed by atoms with E-state index in [1.807, 2.05) is 22.9 Å². The first-order chi connectivity index (χ1) is 17.1. The molecule has 1 atom stereocenters. The van der Waals surface area contributed by atoms with Crippen LogP contribution in [0, 0.1) is 0 Å². The number of ether oxygens (including phenoxy) is 1. The minimum atomic E-state index is -0.572. The van der Waals surface area contributed by atoms with Gasteiger partial charge in [-0.25, -0.2) is 4.98 Å². The smallest absolute Gasteiger partial charge is 0.137 e. The lowest BCUT2D eigenvalue weighted by atomic mass is 10.0. The van der Waals surface area contributed by atoms with E-state index in [-0.39, 0.29) is 0 Å². The van der Waals surface area contributed by atoms with E-state index in [2.05, 4.69) is 63.3 Å². The van der Waals surface area contributed by atoms with Gasteiger partial charge in [0, 0.05) is 64.8 Å². The summed E-state index contributed by atoms with van der Waals surface area (Å²) in [6.45, 7) is 10.1. The summed E-state index contributed by atoms with van der Waals surface area (Å²) in [5, 5.41) is 9.76. The molecule has 7 nitrogen and oxygen atoms in total. The summed E-state index contributed by atoms with van der Waals surface area (Å²) >= 11 is 0. The molecule has 0 aliphatic carbocycles. The Labute approximate surface area is 208 Å². The van der Waals surface area contributed by atoms with Crippen LogP contribution in [0.3, 0.4) is 0 Å². The van der Waals surface area contributed by atoms with Crippen LogP contribution >= 0.6 is 0 Å². The highest BCUT2D eigenvalue weighted by atomic mass is 16.5. The fraction of sp³-hybridized carbons (Fsp3) is 0.393. The number of piperazine rings is 1. The molecule has 0 unspecified atom stereocenters. The van der Waals surface area contributed by atoms with E-state index in [1.165, 1.54) is 11.1 Å². The Morgan fingerprint density at radius 1 is 0.971 bits per heavy atom. The van der Waals surface area contributed by atoms with Gasteiger partial charge in [-0.3, -0.25) is 9.80 Å². The summed E-state index contributed by atoms with van der Waals surface area (Å²) in [6.07, 6.45) is 7.19. The van der Waals surface area contributed by atoms with Gasteiger partial charge in [-0.15, -0.1) is 0 Å². The molecule has 1 saturated heterocycles. The highest BCUT2D eigenvalue weighted by Crippen LogP contribution is 2.23. The number of hydrogen-bond acceptors (Lipinski definition) is 6. The number of hydrogen-bond donors (Lipinski definition) is 2. The van der Waals surface area contributed by atoms with Gasteiger partial charge in [0.1, 0.15) is 24.3 Å². The van der Waals surface area contributed by atoms with Crippen molar-refractivity contribution in [3.05, 3.63) is 78.4 Å². The van der Waals surface area contributed by atoms with Gasteiger partial charge >= 0.3 is 0 Å². The van der Waals surface area contributed by atoms with Gasteiger partial charge < -0.3 is 20.1 Å². The molecule has 186 valence electrons. The minimum Gasteiger partial charge on any atom is -0.492 e. The van der Waals surface area contributed by atoms with Crippen molar-refractivity contribution in [3.8, 4) is 16.9 Å². The van der Waals surface area contributed by atoms with E-state index in [1.54, 1.807) is 13.1 Å². The number of rotatable bonds is 11. The summed E-state index contributed by atoms with van der Waals surface area (Å²) < 4.78 is 7.93. The van der Waals surface area contributed by atoms with Gasteiger partial charge in [0.05, 0.1) is 0 Å². The van der Waals surface area contributed by atoms with Crippen molar-refractivity contribution in [3.63, 3.8) is 0 Å². The van der Waals surface area contributed by atoms with E-state index in [0.29, 0.717) is 19.0 Å². The maximum atomic E-state index is 9.76. The number of aromatic nitrogens is 2. The number of nitrogens with zero attached hydrogens (tertiary/aromatic N) is 4. The highest BCUT2D eigenvalue weighted by Gasteiger charge is 2.15. The van der Waals surface area contributed by atoms with Crippen LogP contribution in [0.5, 0.6) is 5.75 Å². The normalized spacial score (nSPS) is 16.1. The lowest BCUT2D eigenvalue weighted by Gasteiger charge is -2.34. The SMILES string of the molecule is C[C@H](O)c1nccn1CC=Cc1ccc(-c2ccc(OCCN3CCN(CCN)CC3)cc2)cc1. The monoisotopic (exact) mass is 475 g/mol. The van der Waals surface area contributed by atoms with Gasteiger partial charge in [0.15, 0.2) is 0 Å². The average Bonchev–Trinajstić information content (AvgIpc) is 3.35. The molecule has 3 N–H and O–H groups in total. The quantitative estimate of drug-likeness (QED) is 0.443. The lowest BCUT2D eigenvalue weighted by molar-refractivity contribution is 0.119. The van der Waals surface area contributed by atoms with Gasteiger partial charge in [0.25, 0.3) is 0 Å². The van der Waals surface area contributed by atoms with E-state index >= 15 is 0 Å². The summed E-state index contributed by atoms with van der Waals surface area (Å²) in [6, 6.07) is 16.8. The molecule has 0 radical (unpaired) electrons. The van der Waals surface area contributed by atoms with Gasteiger partial charge in [-0.2, -0.15) is 0 Å². The van der Waals surface area contributed by atoms with Crippen molar-refractivity contribution in [2.45, 2.75) is 19.6 Å². The van der Waals surface area contributed by atoms with Gasteiger partial charge in [0.2, 0.25) is 0 Å². The predicted molar refractivity (Wildman–Crippen MR) is 141 cm³/mol. The van der Waals surface area contributed by atoms with Crippen LogP contribution in [0.15, 0.2) is 67.0 Å². The summed E-state index contributed by atoms with van der Waals surface area (Å²) in [5.41, 5.74) is 9.13.